The summed E-state index contributed by atoms with van der Waals surface area (Å²) in [4.78, 5) is 0. The van der Waals surface area contributed by atoms with Crippen LogP contribution in [0.15, 0.2) is 170 Å². The molecule has 0 aliphatic carbocycles. The third-order valence-corrected chi connectivity index (χ3v) is 8.76. The van der Waals surface area contributed by atoms with Gasteiger partial charge in [0.05, 0.1) is 22.1 Å². The summed E-state index contributed by atoms with van der Waals surface area (Å²) in [6.45, 7) is 0. The quantitative estimate of drug-likeness (QED) is 0.199. The van der Waals surface area contributed by atoms with E-state index in [1.165, 1.54) is 43.6 Å². The van der Waals surface area contributed by atoms with Gasteiger partial charge in [-0.2, -0.15) is 0 Å². The van der Waals surface area contributed by atoms with Gasteiger partial charge in [-0.3, -0.25) is 0 Å². The topological polar surface area (TPSA) is 19.1 Å². The molecule has 0 saturated heterocycles. The Hall–Kier alpha value is -6.06. The summed E-state index contributed by atoms with van der Waals surface area (Å²) in [6.07, 6.45) is 0. The van der Waals surface area contributed by atoms with Crippen LogP contribution in [0.3, 0.4) is 0 Å². The number of fused-ring (bicyclic) bond motifs is 7. The Morgan fingerprint density at radius 3 is 1.67 bits per heavy atom. The van der Waals surface area contributed by atoms with E-state index < -0.39 is 0 Å². The van der Waals surface area contributed by atoms with Crippen LogP contribution >= 0.6 is 0 Å². The zero-order valence-corrected chi connectivity index (χ0v) is 24.5. The maximum absolute atomic E-state index is 6.01. The summed E-state index contributed by atoms with van der Waals surface area (Å²) in [5.41, 5.74) is 9.45. The van der Waals surface area contributed by atoms with Gasteiger partial charge in [0, 0.05) is 22.1 Å². The van der Waals surface area contributed by atoms with Crippen molar-refractivity contribution in [1.29, 1.82) is 0 Å². The maximum atomic E-state index is 6.01. The Morgan fingerprint density at radius 1 is 0.356 bits per heavy atom. The second-order valence-electron chi connectivity index (χ2n) is 11.4. The molecular weight excluding hydrogens is 548 g/mol. The van der Waals surface area contributed by atoms with Crippen molar-refractivity contribution in [3.8, 4) is 34.0 Å². The molecule has 2 aromatic heterocycles. The first-order chi connectivity index (χ1) is 22.3. The molecule has 0 amide bonds. The summed E-state index contributed by atoms with van der Waals surface area (Å²) in [6, 6.07) is 59.8. The van der Waals surface area contributed by atoms with Gasteiger partial charge in [0.25, 0.3) is 0 Å². The minimum atomic E-state index is 0.824. The van der Waals surface area contributed by atoms with Crippen LogP contribution in [0.1, 0.15) is 0 Å². The van der Waals surface area contributed by atoms with Gasteiger partial charge < -0.3 is 13.9 Å². The van der Waals surface area contributed by atoms with Crippen molar-refractivity contribution >= 4 is 43.6 Å². The lowest BCUT2D eigenvalue weighted by molar-refractivity contribution is 0.483. The molecule has 0 radical (unpaired) electrons. The largest absolute Gasteiger partial charge is 0.457 e. The van der Waals surface area contributed by atoms with Crippen molar-refractivity contribution in [3.63, 3.8) is 0 Å². The van der Waals surface area contributed by atoms with E-state index in [-0.39, 0.29) is 0 Å². The van der Waals surface area contributed by atoms with E-state index in [1.807, 2.05) is 42.5 Å². The first kappa shape index (κ1) is 25.4. The average Bonchev–Trinajstić information content (AvgIpc) is 3.62. The SMILES string of the molecule is c1ccc(Oc2ccc(-c3ccc(-n4c5ccc6ccccc6c5c5c4c4ccccc4n5-c4ccccc4)cc3)cc2)cc1. The van der Waals surface area contributed by atoms with Gasteiger partial charge in [-0.25, -0.2) is 0 Å². The van der Waals surface area contributed by atoms with Crippen molar-refractivity contribution in [2.75, 3.05) is 0 Å². The summed E-state index contributed by atoms with van der Waals surface area (Å²) >= 11 is 0. The summed E-state index contributed by atoms with van der Waals surface area (Å²) in [5.74, 6) is 1.66. The van der Waals surface area contributed by atoms with Crippen molar-refractivity contribution < 1.29 is 4.74 Å². The van der Waals surface area contributed by atoms with E-state index in [4.69, 9.17) is 4.74 Å². The molecule has 45 heavy (non-hydrogen) atoms. The van der Waals surface area contributed by atoms with E-state index in [1.54, 1.807) is 0 Å². The van der Waals surface area contributed by atoms with Crippen LogP contribution in [-0.4, -0.2) is 9.13 Å². The smallest absolute Gasteiger partial charge is 0.127 e. The third-order valence-electron chi connectivity index (χ3n) is 8.76. The number of ether oxygens (including phenoxy) is 1. The first-order valence-corrected chi connectivity index (χ1v) is 15.3. The van der Waals surface area contributed by atoms with Crippen LogP contribution in [0.25, 0.3) is 66.1 Å². The highest BCUT2D eigenvalue weighted by Gasteiger charge is 2.23. The van der Waals surface area contributed by atoms with Gasteiger partial charge in [-0.05, 0) is 82.6 Å². The maximum Gasteiger partial charge on any atom is 0.127 e. The molecule has 0 aliphatic heterocycles. The standard InChI is InChI=1S/C42H28N2O/c1-3-12-32(13-4-1)43-38-18-10-9-17-37(38)41-42(43)40-36-16-8-7-11-31(36)23-28-39(40)44(41)33-24-19-29(20-25-33)30-21-26-35(27-22-30)45-34-14-5-2-6-15-34/h1-28H. The van der Waals surface area contributed by atoms with Crippen LogP contribution < -0.4 is 4.74 Å². The monoisotopic (exact) mass is 576 g/mol. The molecule has 3 nitrogen and oxygen atoms in total. The number of aromatic nitrogens is 2. The van der Waals surface area contributed by atoms with Gasteiger partial charge in [-0.15, -0.1) is 0 Å². The Balaban J connectivity index is 1.24. The van der Waals surface area contributed by atoms with Crippen LogP contribution in [0, 0.1) is 0 Å². The van der Waals surface area contributed by atoms with Gasteiger partial charge in [-0.1, -0.05) is 109 Å². The number of hydrogen-bond donors (Lipinski definition) is 0. The van der Waals surface area contributed by atoms with Crippen molar-refractivity contribution in [1.82, 2.24) is 9.13 Å². The molecule has 212 valence electrons. The molecule has 0 aliphatic rings. The van der Waals surface area contributed by atoms with Gasteiger partial charge in [0.2, 0.25) is 0 Å². The molecule has 9 rings (SSSR count). The fourth-order valence-electron chi connectivity index (χ4n) is 6.75. The minimum Gasteiger partial charge on any atom is -0.457 e. The Kier molecular flexibility index (Phi) is 5.82. The summed E-state index contributed by atoms with van der Waals surface area (Å²) in [5, 5.41) is 4.99. The second kappa shape index (κ2) is 10.3. The van der Waals surface area contributed by atoms with Gasteiger partial charge >= 0.3 is 0 Å². The molecule has 0 bridgehead atoms. The lowest BCUT2D eigenvalue weighted by Crippen LogP contribution is -1.94. The molecule has 0 atom stereocenters. The van der Waals surface area contributed by atoms with Crippen molar-refractivity contribution in [3.05, 3.63) is 170 Å². The highest BCUT2D eigenvalue weighted by Crippen LogP contribution is 2.43. The number of hydrogen-bond acceptors (Lipinski definition) is 1. The molecule has 9 aromatic rings. The number of nitrogens with zero attached hydrogens (tertiary/aromatic N) is 2. The van der Waals surface area contributed by atoms with E-state index >= 15 is 0 Å². The number of rotatable bonds is 5. The molecular formula is C42H28N2O. The van der Waals surface area contributed by atoms with Crippen LogP contribution in [0.2, 0.25) is 0 Å². The van der Waals surface area contributed by atoms with Crippen molar-refractivity contribution in [2.45, 2.75) is 0 Å². The predicted octanol–water partition coefficient (Wildman–Crippen LogP) is 11.3. The fraction of sp³-hybridized carbons (Fsp3) is 0. The molecule has 0 N–H and O–H groups in total. The number of para-hydroxylation sites is 3. The predicted molar refractivity (Wildman–Crippen MR) is 187 cm³/mol. The molecule has 0 saturated carbocycles. The zero-order valence-electron chi connectivity index (χ0n) is 24.5. The average molecular weight is 577 g/mol. The van der Waals surface area contributed by atoms with E-state index in [2.05, 4.69) is 137 Å². The molecule has 0 unspecified atom stereocenters. The molecule has 2 heterocycles. The molecule has 0 spiro atoms. The third kappa shape index (κ3) is 4.13. The van der Waals surface area contributed by atoms with Crippen LogP contribution in [0.5, 0.6) is 11.5 Å². The first-order valence-electron chi connectivity index (χ1n) is 15.3. The van der Waals surface area contributed by atoms with Crippen molar-refractivity contribution in [2.24, 2.45) is 0 Å². The van der Waals surface area contributed by atoms with Gasteiger partial charge in [0.15, 0.2) is 0 Å². The summed E-state index contributed by atoms with van der Waals surface area (Å²) in [7, 11) is 0. The molecule has 3 heteroatoms. The molecule has 0 fully saturated rings. The lowest BCUT2D eigenvalue weighted by Gasteiger charge is -2.11. The van der Waals surface area contributed by atoms with Crippen LogP contribution in [0.4, 0.5) is 0 Å². The highest BCUT2D eigenvalue weighted by atomic mass is 16.5. The highest BCUT2D eigenvalue weighted by molar-refractivity contribution is 6.26. The fourth-order valence-corrected chi connectivity index (χ4v) is 6.75. The lowest BCUT2D eigenvalue weighted by atomic mass is 10.0. The normalized spacial score (nSPS) is 11.6. The number of benzene rings is 7. The summed E-state index contributed by atoms with van der Waals surface area (Å²) < 4.78 is 10.9. The van der Waals surface area contributed by atoms with E-state index in [9.17, 15) is 0 Å². The van der Waals surface area contributed by atoms with Crippen LogP contribution in [-0.2, 0) is 0 Å². The van der Waals surface area contributed by atoms with E-state index in [0.717, 1.165) is 34.0 Å². The Labute approximate surface area is 260 Å². The zero-order chi connectivity index (χ0) is 29.7. The second-order valence-corrected chi connectivity index (χ2v) is 11.4. The Bertz CT molecular complexity index is 2470. The minimum absolute atomic E-state index is 0.824. The van der Waals surface area contributed by atoms with E-state index in [0.29, 0.717) is 0 Å². The Morgan fingerprint density at radius 2 is 0.911 bits per heavy atom. The van der Waals surface area contributed by atoms with Gasteiger partial charge in [0.1, 0.15) is 11.5 Å². The molecule has 7 aromatic carbocycles.